The fourth-order valence-electron chi connectivity index (χ4n) is 5.22. The Balaban J connectivity index is 1.61. The predicted molar refractivity (Wildman–Crippen MR) is 83.6 cm³/mol. The van der Waals surface area contributed by atoms with Gasteiger partial charge in [0.1, 0.15) is 16.2 Å². The maximum atomic E-state index is 4.68. The largest absolute Gasteiger partial charge is 0.364 e. The van der Waals surface area contributed by atoms with E-state index in [1.165, 1.54) is 38.5 Å². The number of anilines is 1. The van der Waals surface area contributed by atoms with Crippen LogP contribution in [0.2, 0.25) is 0 Å². The highest BCUT2D eigenvalue weighted by atomic mass is 79.9. The normalized spacial score (nSPS) is 38.2. The number of aryl methyl sites for hydroxylation is 1. The van der Waals surface area contributed by atoms with Crippen LogP contribution in [0.25, 0.3) is 0 Å². The molecule has 1 heterocycles. The van der Waals surface area contributed by atoms with Gasteiger partial charge in [0.05, 0.1) is 0 Å². The molecule has 4 aliphatic carbocycles. The van der Waals surface area contributed by atoms with Crippen molar-refractivity contribution in [1.29, 1.82) is 0 Å². The first-order chi connectivity index (χ1) is 9.64. The van der Waals surface area contributed by atoms with Gasteiger partial charge in [-0.15, -0.1) is 0 Å². The molecule has 0 radical (unpaired) electrons. The molecule has 0 spiro atoms. The highest BCUT2D eigenvalue weighted by Gasteiger charge is 2.51. The second kappa shape index (κ2) is 4.69. The molecule has 1 N–H and O–H groups in total. The van der Waals surface area contributed by atoms with Gasteiger partial charge in [-0.3, -0.25) is 0 Å². The van der Waals surface area contributed by atoms with E-state index in [-0.39, 0.29) is 0 Å². The summed E-state index contributed by atoms with van der Waals surface area (Å²) < 4.78 is 0.900. The first-order valence-corrected chi connectivity index (χ1v) is 8.75. The summed E-state index contributed by atoms with van der Waals surface area (Å²) >= 11 is 3.51. The van der Waals surface area contributed by atoms with Crippen molar-refractivity contribution in [3.8, 4) is 0 Å². The number of halogens is 1. The molecule has 0 saturated heterocycles. The second-order valence-corrected chi connectivity index (χ2v) is 7.98. The standard InChI is InChI=1S/C16H22BrN3/c1-2-14-18-13(17)6-15(19-14)20-16-7-10-3-11(8-16)5-12(4-10)9-16/h6,10-12H,2-5,7-9H2,1H3,(H,18,19,20). The molecule has 108 valence electrons. The van der Waals surface area contributed by atoms with Gasteiger partial charge >= 0.3 is 0 Å². The Morgan fingerprint density at radius 1 is 1.15 bits per heavy atom. The minimum atomic E-state index is 0.327. The average Bonchev–Trinajstić information content (AvgIpc) is 2.35. The number of rotatable bonds is 3. The van der Waals surface area contributed by atoms with Crippen molar-refractivity contribution in [3.63, 3.8) is 0 Å². The Bertz CT molecular complexity index is 493. The number of nitrogens with zero attached hydrogens (tertiary/aromatic N) is 2. The number of hydrogen-bond acceptors (Lipinski definition) is 3. The molecule has 4 fully saturated rings. The molecule has 4 aliphatic rings. The number of aromatic nitrogens is 2. The molecule has 0 unspecified atom stereocenters. The first kappa shape index (κ1) is 13.1. The van der Waals surface area contributed by atoms with E-state index < -0.39 is 0 Å². The van der Waals surface area contributed by atoms with Crippen LogP contribution in [0.4, 0.5) is 5.82 Å². The predicted octanol–water partition coefficient (Wildman–Crippen LogP) is 4.18. The summed E-state index contributed by atoms with van der Waals surface area (Å²) in [5, 5.41) is 3.82. The van der Waals surface area contributed by atoms with Crippen LogP contribution in [0, 0.1) is 17.8 Å². The summed E-state index contributed by atoms with van der Waals surface area (Å²) in [7, 11) is 0. The monoisotopic (exact) mass is 335 g/mol. The summed E-state index contributed by atoms with van der Waals surface area (Å²) in [6.45, 7) is 2.11. The molecule has 4 bridgehead atoms. The van der Waals surface area contributed by atoms with Gasteiger partial charge in [-0.05, 0) is 72.2 Å². The van der Waals surface area contributed by atoms with Crippen molar-refractivity contribution >= 4 is 21.7 Å². The zero-order chi connectivity index (χ0) is 13.7. The van der Waals surface area contributed by atoms with Crippen LogP contribution in [0.1, 0.15) is 51.3 Å². The average molecular weight is 336 g/mol. The van der Waals surface area contributed by atoms with Gasteiger partial charge in [0.25, 0.3) is 0 Å². The summed E-state index contributed by atoms with van der Waals surface area (Å²) in [4.78, 5) is 9.09. The van der Waals surface area contributed by atoms with Crippen LogP contribution in [-0.2, 0) is 6.42 Å². The molecule has 0 atom stereocenters. The van der Waals surface area contributed by atoms with Crippen LogP contribution < -0.4 is 5.32 Å². The van der Waals surface area contributed by atoms with E-state index >= 15 is 0 Å². The van der Waals surface area contributed by atoms with Crippen molar-refractivity contribution < 1.29 is 0 Å². The van der Waals surface area contributed by atoms with Crippen LogP contribution in [-0.4, -0.2) is 15.5 Å². The third kappa shape index (κ3) is 2.26. The van der Waals surface area contributed by atoms with Crippen molar-refractivity contribution in [3.05, 3.63) is 16.5 Å². The lowest BCUT2D eigenvalue weighted by Gasteiger charge is -2.57. The molecule has 1 aromatic rings. The molecule has 20 heavy (non-hydrogen) atoms. The molecule has 0 aliphatic heterocycles. The lowest BCUT2D eigenvalue weighted by atomic mass is 9.53. The molecular weight excluding hydrogens is 314 g/mol. The summed E-state index contributed by atoms with van der Waals surface area (Å²) in [5.41, 5.74) is 0.327. The maximum absolute atomic E-state index is 4.68. The Morgan fingerprint density at radius 3 is 2.30 bits per heavy atom. The van der Waals surface area contributed by atoms with Gasteiger partial charge in [0.2, 0.25) is 0 Å². The van der Waals surface area contributed by atoms with Gasteiger partial charge in [0.15, 0.2) is 0 Å². The number of nitrogens with one attached hydrogen (secondary N) is 1. The fraction of sp³-hybridized carbons (Fsp3) is 0.750. The Morgan fingerprint density at radius 2 is 1.75 bits per heavy atom. The van der Waals surface area contributed by atoms with Crippen molar-refractivity contribution in [2.24, 2.45) is 17.8 Å². The van der Waals surface area contributed by atoms with Crippen molar-refractivity contribution in [2.45, 2.75) is 57.4 Å². The summed E-state index contributed by atoms with van der Waals surface area (Å²) in [6.07, 6.45) is 9.37. The Labute approximate surface area is 129 Å². The third-order valence-electron chi connectivity index (χ3n) is 5.49. The van der Waals surface area contributed by atoms with E-state index in [0.717, 1.165) is 40.4 Å². The van der Waals surface area contributed by atoms with E-state index in [1.54, 1.807) is 0 Å². The summed E-state index contributed by atoms with van der Waals surface area (Å²) in [5.74, 6) is 4.83. The van der Waals surface area contributed by atoms with Gasteiger partial charge in [-0.2, -0.15) is 0 Å². The minimum absolute atomic E-state index is 0.327. The van der Waals surface area contributed by atoms with E-state index in [0.29, 0.717) is 5.54 Å². The summed E-state index contributed by atoms with van der Waals surface area (Å²) in [6, 6.07) is 2.04. The van der Waals surface area contributed by atoms with Gasteiger partial charge in [-0.25, -0.2) is 9.97 Å². The van der Waals surface area contributed by atoms with E-state index in [9.17, 15) is 0 Å². The Hall–Kier alpha value is -0.640. The van der Waals surface area contributed by atoms with Gasteiger partial charge in [-0.1, -0.05) is 6.92 Å². The highest BCUT2D eigenvalue weighted by Crippen LogP contribution is 2.56. The quantitative estimate of drug-likeness (QED) is 0.842. The molecule has 0 aromatic carbocycles. The van der Waals surface area contributed by atoms with Crippen LogP contribution in [0.3, 0.4) is 0 Å². The Kier molecular flexibility index (Phi) is 3.06. The molecule has 3 nitrogen and oxygen atoms in total. The van der Waals surface area contributed by atoms with Crippen LogP contribution >= 0.6 is 15.9 Å². The topological polar surface area (TPSA) is 37.8 Å². The van der Waals surface area contributed by atoms with Crippen LogP contribution in [0.15, 0.2) is 10.7 Å². The zero-order valence-corrected chi connectivity index (χ0v) is 13.6. The molecule has 5 rings (SSSR count). The third-order valence-corrected chi connectivity index (χ3v) is 5.90. The molecule has 4 saturated carbocycles. The van der Waals surface area contributed by atoms with Crippen LogP contribution in [0.5, 0.6) is 0 Å². The molecular formula is C16H22BrN3. The van der Waals surface area contributed by atoms with Gasteiger partial charge in [0, 0.05) is 18.0 Å². The fourth-order valence-corrected chi connectivity index (χ4v) is 5.64. The molecule has 4 heteroatoms. The lowest BCUT2D eigenvalue weighted by molar-refractivity contribution is 0.0105. The van der Waals surface area contributed by atoms with E-state index in [2.05, 4.69) is 38.1 Å². The smallest absolute Gasteiger partial charge is 0.131 e. The first-order valence-electron chi connectivity index (χ1n) is 7.96. The van der Waals surface area contributed by atoms with E-state index in [1.807, 2.05) is 6.07 Å². The maximum Gasteiger partial charge on any atom is 0.131 e. The van der Waals surface area contributed by atoms with Crippen molar-refractivity contribution in [1.82, 2.24) is 9.97 Å². The second-order valence-electron chi connectivity index (χ2n) is 7.17. The van der Waals surface area contributed by atoms with E-state index in [4.69, 9.17) is 0 Å². The lowest BCUT2D eigenvalue weighted by Crippen LogP contribution is -2.54. The SMILES string of the molecule is CCc1nc(Br)cc(NC23CC4CC(CC(C4)C2)C3)n1. The van der Waals surface area contributed by atoms with Gasteiger partial charge < -0.3 is 5.32 Å². The van der Waals surface area contributed by atoms with Crippen molar-refractivity contribution in [2.75, 3.05) is 5.32 Å². The minimum Gasteiger partial charge on any atom is -0.364 e. The number of hydrogen-bond donors (Lipinski definition) is 1. The zero-order valence-electron chi connectivity index (χ0n) is 12.0. The molecule has 1 aromatic heterocycles. The molecule has 0 amide bonds. The highest BCUT2D eigenvalue weighted by molar-refractivity contribution is 9.10.